The van der Waals surface area contributed by atoms with Crippen LogP contribution < -0.4 is 0 Å². The first-order chi connectivity index (χ1) is 13.3. The van der Waals surface area contributed by atoms with Gasteiger partial charge in [0.1, 0.15) is 11.3 Å². The molecule has 0 aliphatic carbocycles. The van der Waals surface area contributed by atoms with Crippen LogP contribution in [0.3, 0.4) is 0 Å². The van der Waals surface area contributed by atoms with Crippen molar-refractivity contribution >= 4 is 17.2 Å². The number of hydrogen-bond donors (Lipinski definition) is 1. The molecule has 0 aromatic carbocycles. The number of aromatic nitrogens is 5. The van der Waals surface area contributed by atoms with E-state index in [9.17, 15) is 9.90 Å². The highest BCUT2D eigenvalue weighted by Crippen LogP contribution is 2.32. The third-order valence-corrected chi connectivity index (χ3v) is 5.71. The molecule has 148 valence electrons. The summed E-state index contributed by atoms with van der Waals surface area (Å²) in [5.74, 6) is 0.617. The van der Waals surface area contributed by atoms with Gasteiger partial charge in [-0.05, 0) is 33.6 Å². The second-order valence-corrected chi connectivity index (χ2v) is 8.33. The fourth-order valence-electron chi connectivity index (χ4n) is 3.35. The van der Waals surface area contributed by atoms with E-state index in [1.807, 2.05) is 22.6 Å². The van der Waals surface area contributed by atoms with E-state index in [2.05, 4.69) is 20.3 Å². The normalized spacial score (nSPS) is 20.5. The Kier molecular flexibility index (Phi) is 4.76. The molecule has 0 unspecified atom stereocenters. The van der Waals surface area contributed by atoms with E-state index in [-0.39, 0.29) is 23.8 Å². The fraction of sp³-hybridized carbons (Fsp3) is 0.500. The molecule has 1 fully saturated rings. The molecular formula is C18H22N6O3S. The summed E-state index contributed by atoms with van der Waals surface area (Å²) >= 11 is 1.45. The molecule has 3 aromatic heterocycles. The molecule has 1 amide bonds. The van der Waals surface area contributed by atoms with Crippen molar-refractivity contribution in [3.8, 4) is 5.69 Å². The Balaban J connectivity index is 1.57. The van der Waals surface area contributed by atoms with E-state index < -0.39 is 5.60 Å². The lowest BCUT2D eigenvalue weighted by atomic mass is 9.92. The Morgan fingerprint density at radius 1 is 1.29 bits per heavy atom. The minimum absolute atomic E-state index is 0.0371. The minimum Gasteiger partial charge on any atom is -0.381 e. The van der Waals surface area contributed by atoms with Gasteiger partial charge in [-0.2, -0.15) is 15.2 Å². The number of likely N-dealkylation sites (tertiary alicyclic amines) is 1. The van der Waals surface area contributed by atoms with E-state index >= 15 is 0 Å². The Labute approximate surface area is 166 Å². The maximum atomic E-state index is 13.3. The van der Waals surface area contributed by atoms with E-state index in [1.54, 1.807) is 26.2 Å². The van der Waals surface area contributed by atoms with E-state index in [4.69, 9.17) is 4.52 Å². The first-order valence-electron chi connectivity index (χ1n) is 9.15. The van der Waals surface area contributed by atoms with Gasteiger partial charge >= 0.3 is 0 Å². The number of thiophene rings is 1. The van der Waals surface area contributed by atoms with Crippen molar-refractivity contribution in [2.45, 2.75) is 51.2 Å². The first kappa shape index (κ1) is 18.8. The van der Waals surface area contributed by atoms with Gasteiger partial charge in [-0.1, -0.05) is 5.16 Å². The Bertz CT molecular complexity index is 958. The topological polar surface area (TPSA) is 110 Å². The van der Waals surface area contributed by atoms with Gasteiger partial charge in [0.15, 0.2) is 5.82 Å². The minimum atomic E-state index is -1.19. The summed E-state index contributed by atoms with van der Waals surface area (Å²) in [6, 6.07) is 0.0998. The van der Waals surface area contributed by atoms with E-state index in [0.29, 0.717) is 23.6 Å². The van der Waals surface area contributed by atoms with Gasteiger partial charge in [0, 0.05) is 29.3 Å². The molecule has 1 N–H and O–H groups in total. The van der Waals surface area contributed by atoms with Crippen LogP contribution in [0.2, 0.25) is 0 Å². The van der Waals surface area contributed by atoms with Crippen molar-refractivity contribution in [2.24, 2.45) is 0 Å². The first-order valence-corrected chi connectivity index (χ1v) is 10.1. The maximum absolute atomic E-state index is 13.3. The van der Waals surface area contributed by atoms with Gasteiger partial charge in [0.05, 0.1) is 18.0 Å². The van der Waals surface area contributed by atoms with Crippen LogP contribution in [0, 0.1) is 0 Å². The summed E-state index contributed by atoms with van der Waals surface area (Å²) in [4.78, 5) is 21.0. The molecule has 1 aliphatic rings. The van der Waals surface area contributed by atoms with Gasteiger partial charge in [-0.3, -0.25) is 4.79 Å². The van der Waals surface area contributed by atoms with E-state index in [0.717, 1.165) is 12.8 Å². The average molecular weight is 402 g/mol. The van der Waals surface area contributed by atoms with Crippen LogP contribution in [-0.2, 0) is 5.60 Å². The molecule has 3 aromatic rings. The third kappa shape index (κ3) is 3.45. The summed E-state index contributed by atoms with van der Waals surface area (Å²) in [6.07, 6.45) is 4.86. The molecule has 0 saturated carbocycles. The van der Waals surface area contributed by atoms with E-state index in [1.165, 1.54) is 16.1 Å². The van der Waals surface area contributed by atoms with Crippen molar-refractivity contribution in [2.75, 3.05) is 6.54 Å². The van der Waals surface area contributed by atoms with Crippen LogP contribution in [0.25, 0.3) is 5.69 Å². The summed E-state index contributed by atoms with van der Waals surface area (Å²) in [5.41, 5.74) is 0.0719. The van der Waals surface area contributed by atoms with Crippen LogP contribution >= 0.6 is 11.3 Å². The molecule has 0 spiro atoms. The predicted molar refractivity (Wildman–Crippen MR) is 101 cm³/mol. The van der Waals surface area contributed by atoms with Gasteiger partial charge in [0.25, 0.3) is 11.8 Å². The summed E-state index contributed by atoms with van der Waals surface area (Å²) in [6.45, 7) is 5.74. The second kappa shape index (κ2) is 7.10. The molecule has 2 atom stereocenters. The van der Waals surface area contributed by atoms with Crippen molar-refractivity contribution in [3.05, 3.63) is 40.4 Å². The van der Waals surface area contributed by atoms with Crippen LogP contribution in [0.5, 0.6) is 0 Å². The van der Waals surface area contributed by atoms with Crippen LogP contribution in [0.4, 0.5) is 0 Å². The summed E-state index contributed by atoms with van der Waals surface area (Å²) in [7, 11) is 0. The lowest BCUT2D eigenvalue weighted by Crippen LogP contribution is -2.45. The molecular weight excluding hydrogens is 380 g/mol. The van der Waals surface area contributed by atoms with Gasteiger partial charge in [-0.25, -0.2) is 0 Å². The molecule has 4 rings (SSSR count). The highest BCUT2D eigenvalue weighted by atomic mass is 32.1. The van der Waals surface area contributed by atoms with Crippen molar-refractivity contribution in [3.63, 3.8) is 0 Å². The highest BCUT2D eigenvalue weighted by Gasteiger charge is 2.35. The number of nitrogens with zero attached hydrogens (tertiary/aromatic N) is 6. The Morgan fingerprint density at radius 3 is 2.71 bits per heavy atom. The maximum Gasteiger partial charge on any atom is 0.258 e. The molecule has 28 heavy (non-hydrogen) atoms. The third-order valence-electron chi connectivity index (χ3n) is 4.98. The number of hydrogen-bond acceptors (Lipinski definition) is 8. The van der Waals surface area contributed by atoms with Crippen molar-refractivity contribution in [1.82, 2.24) is 30.0 Å². The lowest BCUT2D eigenvalue weighted by Gasteiger charge is -2.37. The molecule has 10 heteroatoms. The lowest BCUT2D eigenvalue weighted by molar-refractivity contribution is 0.0420. The SMILES string of the molecule is C[C@@H]1CC[C@@H](c2noc(C(C)(C)O)n2)CN1C(=O)c1cscc1-n1nccn1. The summed E-state index contributed by atoms with van der Waals surface area (Å²) in [5, 5.41) is 26.1. The Hall–Kier alpha value is -2.59. The number of piperidine rings is 1. The zero-order valence-electron chi connectivity index (χ0n) is 15.9. The molecule has 1 saturated heterocycles. The zero-order valence-corrected chi connectivity index (χ0v) is 16.8. The van der Waals surface area contributed by atoms with Crippen LogP contribution in [0.1, 0.15) is 61.6 Å². The van der Waals surface area contributed by atoms with Crippen molar-refractivity contribution in [1.29, 1.82) is 0 Å². The number of carbonyl (C=O) groups is 1. The smallest absolute Gasteiger partial charge is 0.258 e. The largest absolute Gasteiger partial charge is 0.381 e. The van der Waals surface area contributed by atoms with Gasteiger partial charge < -0.3 is 14.5 Å². The second-order valence-electron chi connectivity index (χ2n) is 7.59. The Morgan fingerprint density at radius 2 is 2.04 bits per heavy atom. The molecule has 0 radical (unpaired) electrons. The van der Waals surface area contributed by atoms with Gasteiger partial charge in [0.2, 0.25) is 0 Å². The summed E-state index contributed by atoms with van der Waals surface area (Å²) < 4.78 is 5.21. The molecule has 4 heterocycles. The number of amides is 1. The average Bonchev–Trinajstić information content (AvgIpc) is 3.40. The highest BCUT2D eigenvalue weighted by molar-refractivity contribution is 7.08. The number of carbonyl (C=O) groups excluding carboxylic acids is 1. The van der Waals surface area contributed by atoms with Crippen LogP contribution in [-0.4, -0.2) is 53.6 Å². The number of aliphatic hydroxyl groups is 1. The quantitative estimate of drug-likeness (QED) is 0.713. The van der Waals surface area contributed by atoms with Gasteiger partial charge in [-0.15, -0.1) is 16.1 Å². The van der Waals surface area contributed by atoms with Crippen molar-refractivity contribution < 1.29 is 14.4 Å². The number of rotatable bonds is 4. The molecule has 0 bridgehead atoms. The standard InChI is InChI=1S/C18H22N6O3S/c1-11-4-5-12(15-21-17(27-22-15)18(2,3)26)8-23(11)16(25)13-9-28-10-14(13)24-19-6-7-20-24/h6-7,9-12,26H,4-5,8H2,1-3H3/t11-,12-/m1/s1. The molecule has 9 nitrogen and oxygen atoms in total. The monoisotopic (exact) mass is 402 g/mol. The molecule has 1 aliphatic heterocycles. The predicted octanol–water partition coefficient (Wildman–Crippen LogP) is 2.35. The fourth-order valence-corrected chi connectivity index (χ4v) is 4.13. The zero-order chi connectivity index (χ0) is 19.9. The van der Waals surface area contributed by atoms with Crippen LogP contribution in [0.15, 0.2) is 27.7 Å².